The number of carbonyl (C=O) groups excluding carboxylic acids is 1. The van der Waals surface area contributed by atoms with Crippen LogP contribution in [0.1, 0.15) is 12.5 Å². The molecule has 0 aliphatic rings. The lowest BCUT2D eigenvalue weighted by molar-refractivity contribution is -0.139. The summed E-state index contributed by atoms with van der Waals surface area (Å²) >= 11 is 0. The molecule has 0 aromatic heterocycles. The first-order chi connectivity index (χ1) is 8.61. The minimum atomic E-state index is -1.25. The van der Waals surface area contributed by atoms with Crippen LogP contribution in [0.2, 0.25) is 0 Å². The molecule has 18 heavy (non-hydrogen) atoms. The van der Waals surface area contributed by atoms with Crippen LogP contribution in [0, 0.1) is 0 Å². The zero-order valence-corrected chi connectivity index (χ0v) is 11.3. The van der Waals surface area contributed by atoms with E-state index in [0.717, 1.165) is 5.56 Å². The van der Waals surface area contributed by atoms with Gasteiger partial charge in [-0.05, 0) is 18.9 Å². The van der Waals surface area contributed by atoms with Crippen LogP contribution in [0.3, 0.4) is 0 Å². The van der Waals surface area contributed by atoms with Crippen molar-refractivity contribution < 1.29 is 13.7 Å². The molecule has 0 aliphatic heterocycles. The van der Waals surface area contributed by atoms with Crippen molar-refractivity contribution in [2.24, 2.45) is 5.73 Å². The van der Waals surface area contributed by atoms with Gasteiger partial charge < -0.3 is 10.5 Å². The highest BCUT2D eigenvalue weighted by atomic mass is 32.2. The summed E-state index contributed by atoms with van der Waals surface area (Å²) in [4.78, 5) is 11.1. The van der Waals surface area contributed by atoms with Gasteiger partial charge >= 0.3 is 5.97 Å². The summed E-state index contributed by atoms with van der Waals surface area (Å²) < 4.78 is 16.4. The van der Waals surface area contributed by atoms with E-state index in [4.69, 9.17) is 10.5 Å². The SMILES string of the molecule is CCOC(=O)CS(=O)C[C@H](N)Cc1ccccc1. The number of hydrogen-bond acceptors (Lipinski definition) is 4. The third-order valence-corrected chi connectivity index (χ3v) is 3.68. The highest BCUT2D eigenvalue weighted by molar-refractivity contribution is 7.85. The van der Waals surface area contributed by atoms with Gasteiger partial charge in [0, 0.05) is 22.6 Å². The van der Waals surface area contributed by atoms with E-state index in [1.807, 2.05) is 30.3 Å². The summed E-state index contributed by atoms with van der Waals surface area (Å²) in [5, 5.41) is 0. The predicted octanol–water partition coefficient (Wildman–Crippen LogP) is 0.868. The molecule has 100 valence electrons. The van der Waals surface area contributed by atoms with Crippen molar-refractivity contribution >= 4 is 16.8 Å². The number of rotatable bonds is 7. The van der Waals surface area contributed by atoms with Crippen molar-refractivity contribution in [1.82, 2.24) is 0 Å². The van der Waals surface area contributed by atoms with Gasteiger partial charge in [0.1, 0.15) is 5.75 Å². The van der Waals surface area contributed by atoms with Crippen molar-refractivity contribution in [3.8, 4) is 0 Å². The summed E-state index contributed by atoms with van der Waals surface area (Å²) in [7, 11) is -1.25. The molecule has 4 nitrogen and oxygen atoms in total. The summed E-state index contributed by atoms with van der Waals surface area (Å²) in [6.45, 7) is 2.04. The Kier molecular flexibility index (Phi) is 6.60. The molecule has 5 heteroatoms. The van der Waals surface area contributed by atoms with Crippen molar-refractivity contribution in [3.05, 3.63) is 35.9 Å². The molecule has 0 heterocycles. The molecule has 2 atom stereocenters. The van der Waals surface area contributed by atoms with Gasteiger partial charge in [0.05, 0.1) is 6.61 Å². The minimum absolute atomic E-state index is 0.0731. The van der Waals surface area contributed by atoms with E-state index < -0.39 is 16.8 Å². The Morgan fingerprint density at radius 2 is 2.06 bits per heavy atom. The van der Waals surface area contributed by atoms with Crippen molar-refractivity contribution in [1.29, 1.82) is 0 Å². The molecule has 1 aromatic carbocycles. The van der Waals surface area contributed by atoms with Gasteiger partial charge in [0.15, 0.2) is 0 Å². The maximum absolute atomic E-state index is 11.7. The van der Waals surface area contributed by atoms with Crippen LogP contribution >= 0.6 is 0 Å². The Hall–Kier alpha value is -1.20. The summed E-state index contributed by atoms with van der Waals surface area (Å²) in [6, 6.07) is 9.58. The molecule has 0 aliphatic carbocycles. The number of hydrogen-bond donors (Lipinski definition) is 1. The molecule has 1 unspecified atom stereocenters. The zero-order valence-electron chi connectivity index (χ0n) is 10.5. The number of benzene rings is 1. The van der Waals surface area contributed by atoms with Gasteiger partial charge in [0.2, 0.25) is 0 Å². The first-order valence-electron chi connectivity index (χ1n) is 5.92. The number of esters is 1. The Balaban J connectivity index is 2.34. The average molecular weight is 269 g/mol. The predicted molar refractivity (Wildman–Crippen MR) is 72.6 cm³/mol. The van der Waals surface area contributed by atoms with Gasteiger partial charge in [-0.25, -0.2) is 0 Å². The third-order valence-electron chi connectivity index (χ3n) is 2.32. The van der Waals surface area contributed by atoms with Gasteiger partial charge in [-0.2, -0.15) is 0 Å². The maximum atomic E-state index is 11.7. The Bertz CT molecular complexity index is 394. The van der Waals surface area contributed by atoms with Crippen LogP contribution in [0.5, 0.6) is 0 Å². The number of nitrogens with two attached hydrogens (primary N) is 1. The van der Waals surface area contributed by atoms with Gasteiger partial charge in [-0.15, -0.1) is 0 Å². The van der Waals surface area contributed by atoms with E-state index in [9.17, 15) is 9.00 Å². The third kappa shape index (κ3) is 5.93. The lowest BCUT2D eigenvalue weighted by atomic mass is 10.1. The maximum Gasteiger partial charge on any atom is 0.318 e. The minimum Gasteiger partial charge on any atom is -0.465 e. The van der Waals surface area contributed by atoms with E-state index in [-0.39, 0.29) is 11.8 Å². The van der Waals surface area contributed by atoms with Gasteiger partial charge in [-0.1, -0.05) is 30.3 Å². The molecule has 1 rings (SSSR count). The number of carbonyl (C=O) groups is 1. The molecule has 1 aromatic rings. The lowest BCUT2D eigenvalue weighted by Gasteiger charge is -2.11. The van der Waals surface area contributed by atoms with E-state index in [1.54, 1.807) is 6.92 Å². The zero-order chi connectivity index (χ0) is 13.4. The molecule has 0 radical (unpaired) electrons. The summed E-state index contributed by atoms with van der Waals surface area (Å²) in [5.41, 5.74) is 7.02. The van der Waals surface area contributed by atoms with Crippen molar-refractivity contribution in [2.75, 3.05) is 18.1 Å². The molecule has 0 amide bonds. The van der Waals surface area contributed by atoms with E-state index >= 15 is 0 Å². The molecular formula is C13H19NO3S. The second-order valence-corrected chi connectivity index (χ2v) is 5.51. The molecule has 2 N–H and O–H groups in total. The van der Waals surface area contributed by atoms with Crippen molar-refractivity contribution in [3.63, 3.8) is 0 Å². The van der Waals surface area contributed by atoms with Crippen molar-refractivity contribution in [2.45, 2.75) is 19.4 Å². The topological polar surface area (TPSA) is 69.4 Å². The highest BCUT2D eigenvalue weighted by Crippen LogP contribution is 2.03. The van der Waals surface area contributed by atoms with Crippen LogP contribution in [-0.2, 0) is 26.8 Å². The lowest BCUT2D eigenvalue weighted by Crippen LogP contribution is -2.31. The van der Waals surface area contributed by atoms with Gasteiger partial charge in [0.25, 0.3) is 0 Å². The van der Waals surface area contributed by atoms with E-state index in [1.165, 1.54) is 0 Å². The first kappa shape index (κ1) is 14.9. The van der Waals surface area contributed by atoms with Crippen LogP contribution in [0.4, 0.5) is 0 Å². The molecule has 0 spiro atoms. The molecular weight excluding hydrogens is 250 g/mol. The fourth-order valence-electron chi connectivity index (χ4n) is 1.61. The van der Waals surface area contributed by atoms with E-state index in [0.29, 0.717) is 18.8 Å². The fraction of sp³-hybridized carbons (Fsp3) is 0.462. The Morgan fingerprint density at radius 3 is 2.67 bits per heavy atom. The first-order valence-corrected chi connectivity index (χ1v) is 7.40. The van der Waals surface area contributed by atoms with E-state index in [2.05, 4.69) is 0 Å². The number of ether oxygens (including phenoxy) is 1. The molecule has 0 bridgehead atoms. The monoisotopic (exact) mass is 269 g/mol. The Labute approximate surface area is 110 Å². The molecule has 0 saturated heterocycles. The Morgan fingerprint density at radius 1 is 1.39 bits per heavy atom. The van der Waals surface area contributed by atoms with Crippen LogP contribution in [-0.4, -0.2) is 34.3 Å². The normalized spacial score (nSPS) is 13.9. The largest absolute Gasteiger partial charge is 0.465 e. The molecule has 0 fully saturated rings. The second kappa shape index (κ2) is 8.00. The standard InChI is InChI=1S/C13H19NO3S/c1-2-17-13(15)10-18(16)9-12(14)8-11-6-4-3-5-7-11/h3-7,12H,2,8-10,14H2,1H3/t12-,18?/m1/s1. The average Bonchev–Trinajstić information content (AvgIpc) is 2.29. The quantitative estimate of drug-likeness (QED) is 0.746. The van der Waals surface area contributed by atoms with Crippen LogP contribution < -0.4 is 5.73 Å². The summed E-state index contributed by atoms with van der Waals surface area (Å²) in [6.07, 6.45) is 0.662. The van der Waals surface area contributed by atoms with Gasteiger partial charge in [-0.3, -0.25) is 9.00 Å². The smallest absolute Gasteiger partial charge is 0.318 e. The summed E-state index contributed by atoms with van der Waals surface area (Å²) in [5.74, 6) is -0.188. The van der Waals surface area contributed by atoms with Crippen LogP contribution in [0.25, 0.3) is 0 Å². The second-order valence-electron chi connectivity index (χ2n) is 4.01. The molecule has 0 saturated carbocycles. The highest BCUT2D eigenvalue weighted by Gasteiger charge is 2.13. The van der Waals surface area contributed by atoms with Crippen LogP contribution in [0.15, 0.2) is 30.3 Å². The fourth-order valence-corrected chi connectivity index (χ4v) is 2.67.